The number of fused-ring (bicyclic) bond motifs is 1. The molecular formula is C21H21N3OS. The molecule has 3 aromatic rings. The van der Waals surface area contributed by atoms with Crippen molar-refractivity contribution in [1.82, 2.24) is 9.47 Å². The Morgan fingerprint density at radius 1 is 1.00 bits per heavy atom. The van der Waals surface area contributed by atoms with Gasteiger partial charge in [0, 0.05) is 25.0 Å². The summed E-state index contributed by atoms with van der Waals surface area (Å²) in [6.45, 7) is 1.77. The van der Waals surface area contributed by atoms with E-state index in [-0.39, 0.29) is 6.04 Å². The van der Waals surface area contributed by atoms with Gasteiger partial charge in [0.1, 0.15) is 5.75 Å². The molecule has 0 saturated heterocycles. The van der Waals surface area contributed by atoms with Crippen LogP contribution in [0, 0.1) is 0 Å². The van der Waals surface area contributed by atoms with Gasteiger partial charge in [0.05, 0.1) is 18.8 Å². The fourth-order valence-electron chi connectivity index (χ4n) is 3.52. The number of methoxy groups -OCH3 is 1. The third-order valence-corrected chi connectivity index (χ3v) is 5.10. The molecule has 0 radical (unpaired) electrons. The lowest BCUT2D eigenvalue weighted by Crippen LogP contribution is -2.44. The molecule has 4 rings (SSSR count). The van der Waals surface area contributed by atoms with E-state index in [1.165, 1.54) is 11.3 Å². The van der Waals surface area contributed by atoms with E-state index in [1.54, 1.807) is 7.11 Å². The molecule has 2 aromatic carbocycles. The second-order valence-corrected chi connectivity index (χ2v) is 6.65. The Labute approximate surface area is 159 Å². The zero-order valence-electron chi connectivity index (χ0n) is 14.6. The fourth-order valence-corrected chi connectivity index (χ4v) is 3.83. The molecule has 1 aromatic heterocycles. The molecule has 0 aliphatic carbocycles. The maximum atomic E-state index is 5.79. The Hall–Kier alpha value is -2.79. The first-order valence-corrected chi connectivity index (χ1v) is 9.09. The molecule has 0 spiro atoms. The van der Waals surface area contributed by atoms with E-state index in [1.807, 2.05) is 30.3 Å². The van der Waals surface area contributed by atoms with Crippen molar-refractivity contribution >= 4 is 23.0 Å². The Balaban J connectivity index is 1.67. The van der Waals surface area contributed by atoms with Crippen molar-refractivity contribution in [3.05, 3.63) is 84.2 Å². The van der Waals surface area contributed by atoms with Gasteiger partial charge in [-0.3, -0.25) is 0 Å². The molecule has 0 bridgehead atoms. The van der Waals surface area contributed by atoms with Crippen LogP contribution in [0.25, 0.3) is 0 Å². The quantitative estimate of drug-likeness (QED) is 0.703. The van der Waals surface area contributed by atoms with Gasteiger partial charge in [0.2, 0.25) is 0 Å². The van der Waals surface area contributed by atoms with Crippen LogP contribution in [0.4, 0.5) is 5.69 Å². The largest absolute Gasteiger partial charge is 0.495 e. The van der Waals surface area contributed by atoms with E-state index in [2.05, 4.69) is 57.4 Å². The third kappa shape index (κ3) is 3.06. The van der Waals surface area contributed by atoms with Gasteiger partial charge in [-0.15, -0.1) is 0 Å². The molecule has 1 aliphatic heterocycles. The molecular weight excluding hydrogens is 342 g/mol. The molecule has 132 valence electrons. The van der Waals surface area contributed by atoms with Gasteiger partial charge in [0.25, 0.3) is 0 Å². The van der Waals surface area contributed by atoms with Gasteiger partial charge in [0.15, 0.2) is 5.11 Å². The van der Waals surface area contributed by atoms with E-state index in [0.717, 1.165) is 24.5 Å². The fraction of sp³-hybridized carbons (Fsp3) is 0.190. The Morgan fingerprint density at radius 2 is 1.77 bits per heavy atom. The first-order valence-electron chi connectivity index (χ1n) is 8.68. The lowest BCUT2D eigenvalue weighted by atomic mass is 10.0. The predicted octanol–water partition coefficient (Wildman–Crippen LogP) is 4.30. The van der Waals surface area contributed by atoms with Crippen molar-refractivity contribution in [2.24, 2.45) is 0 Å². The van der Waals surface area contributed by atoms with Crippen molar-refractivity contribution in [3.8, 4) is 5.75 Å². The van der Waals surface area contributed by atoms with Crippen LogP contribution in [-0.2, 0) is 6.54 Å². The average molecular weight is 363 g/mol. The number of nitrogens with zero attached hydrogens (tertiary/aromatic N) is 2. The summed E-state index contributed by atoms with van der Waals surface area (Å²) < 4.78 is 7.75. The second-order valence-electron chi connectivity index (χ2n) is 6.26. The summed E-state index contributed by atoms with van der Waals surface area (Å²) in [5, 5.41) is 4.08. The van der Waals surface area contributed by atoms with E-state index in [4.69, 9.17) is 17.0 Å². The molecule has 1 atom stereocenters. The summed E-state index contributed by atoms with van der Waals surface area (Å²) in [6, 6.07) is 22.7. The van der Waals surface area contributed by atoms with Crippen molar-refractivity contribution in [2.75, 3.05) is 19.0 Å². The molecule has 0 unspecified atom stereocenters. The number of hydrogen-bond donors (Lipinski definition) is 1. The van der Waals surface area contributed by atoms with Crippen LogP contribution in [0.1, 0.15) is 17.3 Å². The minimum Gasteiger partial charge on any atom is -0.495 e. The summed E-state index contributed by atoms with van der Waals surface area (Å²) in [5.41, 5.74) is 3.37. The van der Waals surface area contributed by atoms with E-state index in [9.17, 15) is 0 Å². The first-order chi connectivity index (χ1) is 12.8. The molecule has 0 saturated carbocycles. The monoisotopic (exact) mass is 363 g/mol. The van der Waals surface area contributed by atoms with Gasteiger partial charge in [-0.1, -0.05) is 42.5 Å². The van der Waals surface area contributed by atoms with Crippen molar-refractivity contribution in [1.29, 1.82) is 0 Å². The minimum absolute atomic E-state index is 0.0923. The summed E-state index contributed by atoms with van der Waals surface area (Å²) >= 11 is 5.79. The van der Waals surface area contributed by atoms with E-state index in [0.29, 0.717) is 5.11 Å². The molecule has 0 fully saturated rings. The van der Waals surface area contributed by atoms with Crippen LogP contribution < -0.4 is 10.1 Å². The van der Waals surface area contributed by atoms with Gasteiger partial charge in [-0.2, -0.15) is 0 Å². The summed E-state index contributed by atoms with van der Waals surface area (Å²) in [6.07, 6.45) is 2.14. The standard InChI is InChI=1S/C21H21N3OS/c1-25-19-12-6-5-10-17(19)22-21(26)24-15-14-23-13-7-11-18(23)20(24)16-8-3-2-4-9-16/h2-13,20H,14-15H2,1H3,(H,22,26)/t20-/m1/s1. The highest BCUT2D eigenvalue weighted by Gasteiger charge is 2.30. The zero-order chi connectivity index (χ0) is 17.9. The maximum Gasteiger partial charge on any atom is 0.174 e. The molecule has 26 heavy (non-hydrogen) atoms. The molecule has 2 heterocycles. The Bertz CT molecular complexity index is 906. The number of anilines is 1. The van der Waals surface area contributed by atoms with Gasteiger partial charge in [-0.25, -0.2) is 0 Å². The number of aromatic nitrogens is 1. The Kier molecular flexibility index (Phi) is 4.63. The molecule has 4 nitrogen and oxygen atoms in total. The highest BCUT2D eigenvalue weighted by molar-refractivity contribution is 7.80. The van der Waals surface area contributed by atoms with Crippen LogP contribution in [-0.4, -0.2) is 28.2 Å². The van der Waals surface area contributed by atoms with Crippen LogP contribution in [0.15, 0.2) is 72.9 Å². The summed E-state index contributed by atoms with van der Waals surface area (Å²) in [7, 11) is 1.67. The van der Waals surface area contributed by atoms with E-state index >= 15 is 0 Å². The summed E-state index contributed by atoms with van der Waals surface area (Å²) in [4.78, 5) is 2.26. The normalized spacial score (nSPS) is 16.0. The lowest BCUT2D eigenvalue weighted by Gasteiger charge is -2.39. The van der Waals surface area contributed by atoms with Crippen LogP contribution >= 0.6 is 12.2 Å². The predicted molar refractivity (Wildman–Crippen MR) is 109 cm³/mol. The third-order valence-electron chi connectivity index (χ3n) is 4.76. The zero-order valence-corrected chi connectivity index (χ0v) is 15.4. The molecule has 1 N–H and O–H groups in total. The van der Waals surface area contributed by atoms with Gasteiger partial charge < -0.3 is 19.5 Å². The van der Waals surface area contributed by atoms with Gasteiger partial charge in [-0.05, 0) is 42.0 Å². The van der Waals surface area contributed by atoms with E-state index < -0.39 is 0 Å². The second kappa shape index (κ2) is 7.22. The number of para-hydroxylation sites is 2. The average Bonchev–Trinajstić information content (AvgIpc) is 3.17. The smallest absolute Gasteiger partial charge is 0.174 e. The van der Waals surface area contributed by atoms with Crippen LogP contribution in [0.3, 0.4) is 0 Å². The number of hydrogen-bond acceptors (Lipinski definition) is 2. The number of thiocarbonyl (C=S) groups is 1. The Morgan fingerprint density at radius 3 is 2.58 bits per heavy atom. The van der Waals surface area contributed by atoms with Crippen LogP contribution in [0.5, 0.6) is 5.75 Å². The molecule has 5 heteroatoms. The van der Waals surface area contributed by atoms with Crippen LogP contribution in [0.2, 0.25) is 0 Å². The highest BCUT2D eigenvalue weighted by Crippen LogP contribution is 2.33. The maximum absolute atomic E-state index is 5.79. The van der Waals surface area contributed by atoms with Crippen molar-refractivity contribution < 1.29 is 4.74 Å². The topological polar surface area (TPSA) is 29.4 Å². The number of benzene rings is 2. The van der Waals surface area contributed by atoms with Gasteiger partial charge >= 0.3 is 0 Å². The minimum atomic E-state index is 0.0923. The SMILES string of the molecule is COc1ccccc1NC(=S)N1CCn2cccc2[C@H]1c1ccccc1. The number of nitrogens with one attached hydrogen (secondary N) is 1. The highest BCUT2D eigenvalue weighted by atomic mass is 32.1. The van der Waals surface area contributed by atoms with Crippen molar-refractivity contribution in [3.63, 3.8) is 0 Å². The lowest BCUT2D eigenvalue weighted by molar-refractivity contribution is 0.293. The first kappa shape index (κ1) is 16.7. The van der Waals surface area contributed by atoms with Crippen molar-refractivity contribution in [2.45, 2.75) is 12.6 Å². The number of ether oxygens (including phenoxy) is 1. The summed E-state index contributed by atoms with van der Waals surface area (Å²) in [5.74, 6) is 0.784. The molecule has 0 amide bonds. The molecule has 1 aliphatic rings. The number of rotatable bonds is 3.